The minimum atomic E-state index is -1.08. The van der Waals surface area contributed by atoms with Gasteiger partial charge in [0.05, 0.1) is 6.54 Å². The van der Waals surface area contributed by atoms with E-state index in [0.717, 1.165) is 16.8 Å². The van der Waals surface area contributed by atoms with Gasteiger partial charge in [-0.3, -0.25) is 9.59 Å². The molecule has 0 spiro atoms. The lowest BCUT2D eigenvalue weighted by molar-refractivity contribution is -0.152. The number of aliphatic carboxylic acids is 1. The van der Waals surface area contributed by atoms with E-state index in [4.69, 9.17) is 9.84 Å². The van der Waals surface area contributed by atoms with E-state index in [1.807, 2.05) is 32.0 Å². The number of rotatable bonds is 5. The summed E-state index contributed by atoms with van der Waals surface area (Å²) in [6.07, 6.45) is -1.14. The summed E-state index contributed by atoms with van der Waals surface area (Å²) in [7, 11) is 0. The minimum absolute atomic E-state index is 0.190. The minimum Gasteiger partial charge on any atom is -0.479 e. The Labute approximate surface area is 134 Å². The zero-order valence-corrected chi connectivity index (χ0v) is 13.1. The topological polar surface area (TPSA) is 105 Å². The van der Waals surface area contributed by atoms with E-state index in [1.165, 1.54) is 0 Å². The number of carbonyl (C=O) groups is 3. The molecule has 1 fully saturated rings. The Morgan fingerprint density at radius 2 is 1.78 bits per heavy atom. The summed E-state index contributed by atoms with van der Waals surface area (Å²) < 4.78 is 5.13. The maximum Gasteiger partial charge on any atom is 0.332 e. The van der Waals surface area contributed by atoms with Gasteiger partial charge in [-0.2, -0.15) is 0 Å². The number of carbonyl (C=O) groups excluding carboxylic acids is 2. The third-order valence-corrected chi connectivity index (χ3v) is 3.76. The van der Waals surface area contributed by atoms with E-state index in [0.29, 0.717) is 12.8 Å². The van der Waals surface area contributed by atoms with Crippen LogP contribution in [0.15, 0.2) is 18.2 Å². The Morgan fingerprint density at radius 3 is 2.35 bits per heavy atom. The van der Waals surface area contributed by atoms with Crippen LogP contribution >= 0.6 is 0 Å². The monoisotopic (exact) mass is 320 g/mol. The molecule has 0 unspecified atom stereocenters. The fourth-order valence-electron chi connectivity index (χ4n) is 2.49. The van der Waals surface area contributed by atoms with Gasteiger partial charge in [-0.15, -0.1) is 0 Å². The first-order valence-electron chi connectivity index (χ1n) is 7.40. The first-order valence-corrected chi connectivity index (χ1v) is 7.40. The highest BCUT2D eigenvalue weighted by atomic mass is 16.5. The molecule has 1 aromatic carbocycles. The third kappa shape index (κ3) is 4.29. The molecule has 2 amide bonds. The number of carboxylic acids is 1. The lowest BCUT2D eigenvalue weighted by atomic mass is 10.1. The van der Waals surface area contributed by atoms with Crippen molar-refractivity contribution < 1.29 is 24.2 Å². The molecule has 1 aliphatic rings. The van der Waals surface area contributed by atoms with Gasteiger partial charge in [0.2, 0.25) is 11.8 Å². The van der Waals surface area contributed by atoms with Crippen molar-refractivity contribution in [1.29, 1.82) is 0 Å². The number of amides is 2. The lowest BCUT2D eigenvalue weighted by Gasteiger charge is -2.14. The van der Waals surface area contributed by atoms with E-state index in [9.17, 15) is 14.4 Å². The molecule has 1 saturated heterocycles. The molecule has 0 aliphatic carbocycles. The standard InChI is InChI=1S/C16H20N2O5/c1-9-4-3-5-10(2)14(9)18-13(19)8-17-15(20)11-6-7-12(23-11)16(21)22/h3-5,11-12H,6-8H2,1-2H3,(H,17,20)(H,18,19)(H,21,22)/t11-,12+/m0/s1. The van der Waals surface area contributed by atoms with Crippen molar-refractivity contribution in [1.82, 2.24) is 5.32 Å². The van der Waals surface area contributed by atoms with Crippen LogP contribution in [-0.2, 0) is 19.1 Å². The Hall–Kier alpha value is -2.41. The molecule has 7 nitrogen and oxygen atoms in total. The summed E-state index contributed by atoms with van der Waals surface area (Å²) in [6.45, 7) is 3.59. The van der Waals surface area contributed by atoms with Crippen molar-refractivity contribution in [3.8, 4) is 0 Å². The predicted molar refractivity (Wildman–Crippen MR) is 83.1 cm³/mol. The molecule has 0 bridgehead atoms. The number of nitrogens with one attached hydrogen (secondary N) is 2. The predicted octanol–water partition coefficient (Wildman–Crippen LogP) is 0.990. The van der Waals surface area contributed by atoms with E-state index < -0.39 is 24.1 Å². The van der Waals surface area contributed by atoms with Gasteiger partial charge < -0.3 is 20.5 Å². The summed E-state index contributed by atoms with van der Waals surface area (Å²) in [6, 6.07) is 5.68. The fourth-order valence-corrected chi connectivity index (χ4v) is 2.49. The van der Waals surface area contributed by atoms with Crippen LogP contribution in [0.25, 0.3) is 0 Å². The highest BCUT2D eigenvalue weighted by Crippen LogP contribution is 2.20. The molecule has 2 atom stereocenters. The zero-order chi connectivity index (χ0) is 17.0. The number of hydrogen-bond donors (Lipinski definition) is 3. The van der Waals surface area contributed by atoms with Gasteiger partial charge in [0.25, 0.3) is 0 Å². The van der Waals surface area contributed by atoms with Crippen LogP contribution in [0.2, 0.25) is 0 Å². The van der Waals surface area contributed by atoms with E-state index in [1.54, 1.807) is 0 Å². The fraction of sp³-hybridized carbons (Fsp3) is 0.438. The van der Waals surface area contributed by atoms with Gasteiger partial charge in [0.1, 0.15) is 6.10 Å². The molecule has 7 heteroatoms. The normalized spacial score (nSPS) is 20.1. The molecular formula is C16H20N2O5. The van der Waals surface area contributed by atoms with Gasteiger partial charge in [0, 0.05) is 5.69 Å². The second-order valence-corrected chi connectivity index (χ2v) is 5.56. The first-order chi connectivity index (χ1) is 10.9. The van der Waals surface area contributed by atoms with Crippen molar-refractivity contribution in [2.75, 3.05) is 11.9 Å². The van der Waals surface area contributed by atoms with Crippen LogP contribution in [0, 0.1) is 13.8 Å². The molecule has 0 aromatic heterocycles. The van der Waals surface area contributed by atoms with Crippen LogP contribution in [0.3, 0.4) is 0 Å². The van der Waals surface area contributed by atoms with Crippen LogP contribution < -0.4 is 10.6 Å². The van der Waals surface area contributed by atoms with E-state index in [2.05, 4.69) is 10.6 Å². The number of anilines is 1. The van der Waals surface area contributed by atoms with Crippen LogP contribution in [0.4, 0.5) is 5.69 Å². The Bertz CT molecular complexity index is 609. The summed E-state index contributed by atoms with van der Waals surface area (Å²) >= 11 is 0. The Morgan fingerprint density at radius 1 is 1.17 bits per heavy atom. The average Bonchev–Trinajstić information content (AvgIpc) is 2.99. The molecule has 124 valence electrons. The first kappa shape index (κ1) is 17.0. The molecule has 0 radical (unpaired) electrons. The quantitative estimate of drug-likeness (QED) is 0.750. The van der Waals surface area contributed by atoms with E-state index in [-0.39, 0.29) is 12.5 Å². The number of hydrogen-bond acceptors (Lipinski definition) is 4. The highest BCUT2D eigenvalue weighted by molar-refractivity contribution is 5.96. The van der Waals surface area contributed by atoms with Gasteiger partial charge in [-0.05, 0) is 37.8 Å². The number of para-hydroxylation sites is 1. The molecule has 3 N–H and O–H groups in total. The largest absolute Gasteiger partial charge is 0.479 e. The van der Waals surface area contributed by atoms with Crippen molar-refractivity contribution >= 4 is 23.5 Å². The average molecular weight is 320 g/mol. The zero-order valence-electron chi connectivity index (χ0n) is 13.1. The molecule has 23 heavy (non-hydrogen) atoms. The molecule has 2 rings (SSSR count). The molecule has 0 saturated carbocycles. The number of carboxylic acid groups (broad SMARTS) is 1. The van der Waals surface area contributed by atoms with Crippen molar-refractivity contribution in [2.45, 2.75) is 38.9 Å². The molecule has 1 aliphatic heterocycles. The smallest absolute Gasteiger partial charge is 0.332 e. The van der Waals surface area contributed by atoms with E-state index >= 15 is 0 Å². The summed E-state index contributed by atoms with van der Waals surface area (Å²) in [5.41, 5.74) is 2.61. The Balaban J connectivity index is 1.83. The third-order valence-electron chi connectivity index (χ3n) is 3.76. The lowest BCUT2D eigenvalue weighted by Crippen LogP contribution is -2.40. The van der Waals surface area contributed by atoms with Gasteiger partial charge in [-0.25, -0.2) is 4.79 Å². The summed E-state index contributed by atoms with van der Waals surface area (Å²) in [4.78, 5) is 34.6. The van der Waals surface area contributed by atoms with Crippen molar-refractivity contribution in [2.24, 2.45) is 0 Å². The van der Waals surface area contributed by atoms with Crippen LogP contribution in [0.1, 0.15) is 24.0 Å². The highest BCUT2D eigenvalue weighted by Gasteiger charge is 2.34. The van der Waals surface area contributed by atoms with Crippen LogP contribution in [-0.4, -0.2) is 41.6 Å². The molecule has 1 aromatic rings. The molecular weight excluding hydrogens is 300 g/mol. The second-order valence-electron chi connectivity index (χ2n) is 5.56. The van der Waals surface area contributed by atoms with Crippen molar-refractivity contribution in [3.05, 3.63) is 29.3 Å². The van der Waals surface area contributed by atoms with Crippen molar-refractivity contribution in [3.63, 3.8) is 0 Å². The second kappa shape index (κ2) is 7.23. The summed E-state index contributed by atoms with van der Waals surface area (Å²) in [5.74, 6) is -1.89. The maximum absolute atomic E-state index is 11.9. The summed E-state index contributed by atoms with van der Waals surface area (Å²) in [5, 5.41) is 14.1. The molecule has 1 heterocycles. The van der Waals surface area contributed by atoms with Gasteiger partial charge in [0.15, 0.2) is 6.10 Å². The van der Waals surface area contributed by atoms with Crippen LogP contribution in [0.5, 0.6) is 0 Å². The number of benzene rings is 1. The number of ether oxygens (including phenoxy) is 1. The Kier molecular flexibility index (Phi) is 5.33. The maximum atomic E-state index is 11.9. The number of aryl methyl sites for hydroxylation is 2. The van der Waals surface area contributed by atoms with Gasteiger partial charge >= 0.3 is 5.97 Å². The van der Waals surface area contributed by atoms with Gasteiger partial charge in [-0.1, -0.05) is 18.2 Å². The SMILES string of the molecule is Cc1cccc(C)c1NC(=O)CNC(=O)[C@@H]1CC[C@H](C(=O)O)O1.